The van der Waals surface area contributed by atoms with E-state index in [-0.39, 0.29) is 0 Å². The van der Waals surface area contributed by atoms with Crippen molar-refractivity contribution in [3.63, 3.8) is 0 Å². The fraction of sp³-hybridized carbons (Fsp3) is 0.458. The molecular formula is C24H30N6O. The third-order valence-corrected chi connectivity index (χ3v) is 6.30. The van der Waals surface area contributed by atoms with Crippen molar-refractivity contribution < 1.29 is 4.42 Å². The third-order valence-electron chi connectivity index (χ3n) is 6.30. The molecule has 0 N–H and O–H groups in total. The Kier molecular flexibility index (Phi) is 5.14. The molecule has 0 atom stereocenters. The van der Waals surface area contributed by atoms with Gasteiger partial charge in [0.05, 0.1) is 24.6 Å². The van der Waals surface area contributed by atoms with E-state index in [0.29, 0.717) is 12.0 Å². The predicted octanol–water partition coefficient (Wildman–Crippen LogP) is 4.69. The van der Waals surface area contributed by atoms with Crippen LogP contribution in [0.25, 0.3) is 22.3 Å². The Morgan fingerprint density at radius 2 is 2.00 bits per heavy atom. The second-order valence-corrected chi connectivity index (χ2v) is 8.97. The number of nitrogens with zero attached hydrogens (tertiary/aromatic N) is 6. The summed E-state index contributed by atoms with van der Waals surface area (Å²) in [7, 11) is 1.94. The van der Waals surface area contributed by atoms with Crippen LogP contribution in [0.1, 0.15) is 55.9 Å². The normalized spacial score (nSPS) is 16.0. The lowest BCUT2D eigenvalue weighted by atomic mass is 9.92. The van der Waals surface area contributed by atoms with E-state index in [4.69, 9.17) is 14.4 Å². The van der Waals surface area contributed by atoms with Crippen LogP contribution in [0.3, 0.4) is 0 Å². The standard InChI is InChI=1S/C24H30N6O/c1-16(2)30-15-25-24-22(30)11-21(27-23(24)19-12-26-28(4)13-19)18-7-9-29(10-8-18)14-20-6-5-17(3)31-20/h5-6,11-13,15-16,18H,7-10,14H2,1-4H3. The van der Waals surface area contributed by atoms with Crippen LogP contribution < -0.4 is 0 Å². The summed E-state index contributed by atoms with van der Waals surface area (Å²) in [5.74, 6) is 2.48. The van der Waals surface area contributed by atoms with Gasteiger partial charge in [0.2, 0.25) is 0 Å². The van der Waals surface area contributed by atoms with Gasteiger partial charge in [0, 0.05) is 36.5 Å². The molecule has 0 amide bonds. The summed E-state index contributed by atoms with van der Waals surface area (Å²) in [5, 5.41) is 4.36. The number of hydrogen-bond donors (Lipinski definition) is 0. The maximum Gasteiger partial charge on any atom is 0.118 e. The summed E-state index contributed by atoms with van der Waals surface area (Å²) in [6.07, 6.45) is 8.04. The number of piperidine rings is 1. The van der Waals surface area contributed by atoms with Gasteiger partial charge in [-0.05, 0) is 64.9 Å². The van der Waals surface area contributed by atoms with Crippen LogP contribution in [0.4, 0.5) is 0 Å². The van der Waals surface area contributed by atoms with E-state index in [1.807, 2.05) is 43.4 Å². The number of likely N-dealkylation sites (tertiary alicyclic amines) is 1. The van der Waals surface area contributed by atoms with Gasteiger partial charge in [0.25, 0.3) is 0 Å². The molecular weight excluding hydrogens is 388 g/mol. The largest absolute Gasteiger partial charge is 0.465 e. The van der Waals surface area contributed by atoms with Gasteiger partial charge < -0.3 is 8.98 Å². The zero-order valence-corrected chi connectivity index (χ0v) is 18.7. The number of imidazole rings is 1. The fourth-order valence-corrected chi connectivity index (χ4v) is 4.59. The van der Waals surface area contributed by atoms with E-state index in [9.17, 15) is 0 Å². The number of pyridine rings is 1. The van der Waals surface area contributed by atoms with Gasteiger partial charge in [0.15, 0.2) is 0 Å². The number of fused-ring (bicyclic) bond motifs is 1. The summed E-state index contributed by atoms with van der Waals surface area (Å²) in [6.45, 7) is 9.37. The highest BCUT2D eigenvalue weighted by atomic mass is 16.3. The first kappa shape index (κ1) is 20.0. The van der Waals surface area contributed by atoms with Crippen LogP contribution in [0.5, 0.6) is 0 Å². The Labute approximate surface area is 182 Å². The first-order chi connectivity index (χ1) is 15.0. The molecule has 1 saturated heterocycles. The monoisotopic (exact) mass is 418 g/mol. The average Bonchev–Trinajstić information content (AvgIpc) is 3.47. The number of aryl methyl sites for hydroxylation is 2. The van der Waals surface area contributed by atoms with E-state index in [2.05, 4.69) is 40.5 Å². The van der Waals surface area contributed by atoms with Gasteiger partial charge in [0.1, 0.15) is 22.7 Å². The summed E-state index contributed by atoms with van der Waals surface area (Å²) < 4.78 is 9.84. The molecule has 1 aliphatic rings. The average molecular weight is 419 g/mol. The Morgan fingerprint density at radius 1 is 1.19 bits per heavy atom. The zero-order chi connectivity index (χ0) is 21.5. The molecule has 0 bridgehead atoms. The molecule has 0 unspecified atom stereocenters. The van der Waals surface area contributed by atoms with Crippen molar-refractivity contribution in [2.24, 2.45) is 7.05 Å². The molecule has 4 aromatic rings. The second kappa shape index (κ2) is 7.96. The fourth-order valence-electron chi connectivity index (χ4n) is 4.59. The Balaban J connectivity index is 1.43. The minimum atomic E-state index is 0.348. The molecule has 7 nitrogen and oxygen atoms in total. The van der Waals surface area contributed by atoms with Gasteiger partial charge in [-0.3, -0.25) is 9.58 Å². The van der Waals surface area contributed by atoms with E-state index in [1.54, 1.807) is 0 Å². The van der Waals surface area contributed by atoms with E-state index < -0.39 is 0 Å². The van der Waals surface area contributed by atoms with Crippen molar-refractivity contribution in [3.8, 4) is 11.3 Å². The quantitative estimate of drug-likeness (QED) is 0.470. The van der Waals surface area contributed by atoms with Crippen LogP contribution in [-0.4, -0.2) is 42.3 Å². The van der Waals surface area contributed by atoms with E-state index in [1.165, 1.54) is 5.69 Å². The van der Waals surface area contributed by atoms with Crippen molar-refractivity contribution in [3.05, 3.63) is 54.1 Å². The minimum Gasteiger partial charge on any atom is -0.465 e. The number of furan rings is 1. The van der Waals surface area contributed by atoms with Gasteiger partial charge in [-0.25, -0.2) is 9.97 Å². The highest BCUT2D eigenvalue weighted by Gasteiger charge is 2.25. The molecule has 1 aliphatic heterocycles. The van der Waals surface area contributed by atoms with Crippen LogP contribution >= 0.6 is 0 Å². The lowest BCUT2D eigenvalue weighted by molar-refractivity contribution is 0.189. The number of hydrogen-bond acceptors (Lipinski definition) is 5. The highest BCUT2D eigenvalue weighted by molar-refractivity contribution is 5.90. The molecule has 0 spiro atoms. The molecule has 0 saturated carbocycles. The van der Waals surface area contributed by atoms with Gasteiger partial charge in [-0.1, -0.05) is 0 Å². The molecule has 31 heavy (non-hydrogen) atoms. The Morgan fingerprint density at radius 3 is 2.65 bits per heavy atom. The molecule has 162 valence electrons. The molecule has 0 aliphatic carbocycles. The maximum absolute atomic E-state index is 5.77. The van der Waals surface area contributed by atoms with Crippen molar-refractivity contribution in [2.75, 3.05) is 13.1 Å². The summed E-state index contributed by atoms with van der Waals surface area (Å²) in [5.41, 5.74) is 5.24. The third kappa shape index (κ3) is 3.90. The van der Waals surface area contributed by atoms with Crippen LogP contribution in [0, 0.1) is 6.92 Å². The maximum atomic E-state index is 5.77. The van der Waals surface area contributed by atoms with E-state index in [0.717, 1.165) is 66.3 Å². The summed E-state index contributed by atoms with van der Waals surface area (Å²) in [6, 6.07) is 6.74. The van der Waals surface area contributed by atoms with Crippen LogP contribution in [0.2, 0.25) is 0 Å². The lowest BCUT2D eigenvalue weighted by Crippen LogP contribution is -2.32. The smallest absolute Gasteiger partial charge is 0.118 e. The molecule has 1 fully saturated rings. The predicted molar refractivity (Wildman–Crippen MR) is 121 cm³/mol. The van der Waals surface area contributed by atoms with Crippen LogP contribution in [0.15, 0.2) is 41.3 Å². The Hall–Kier alpha value is -2.93. The van der Waals surface area contributed by atoms with Crippen LogP contribution in [-0.2, 0) is 13.6 Å². The van der Waals surface area contributed by atoms with Gasteiger partial charge >= 0.3 is 0 Å². The SMILES string of the molecule is Cc1ccc(CN2CCC(c3cc4c(ncn4C(C)C)c(-c4cnn(C)c4)n3)CC2)o1. The van der Waals surface area contributed by atoms with Crippen molar-refractivity contribution in [1.82, 2.24) is 29.2 Å². The van der Waals surface area contributed by atoms with E-state index >= 15 is 0 Å². The minimum absolute atomic E-state index is 0.348. The number of rotatable bonds is 5. The topological polar surface area (TPSA) is 64.9 Å². The second-order valence-electron chi connectivity index (χ2n) is 8.97. The zero-order valence-electron chi connectivity index (χ0n) is 18.7. The molecule has 4 aromatic heterocycles. The molecule has 0 aromatic carbocycles. The summed E-state index contributed by atoms with van der Waals surface area (Å²) >= 11 is 0. The molecule has 0 radical (unpaired) electrons. The van der Waals surface area contributed by atoms with Crippen molar-refractivity contribution in [1.29, 1.82) is 0 Å². The lowest BCUT2D eigenvalue weighted by Gasteiger charge is -2.31. The molecule has 7 heteroatoms. The van der Waals surface area contributed by atoms with Gasteiger partial charge in [-0.15, -0.1) is 0 Å². The number of aromatic nitrogens is 5. The summed E-state index contributed by atoms with van der Waals surface area (Å²) in [4.78, 5) is 12.3. The molecule has 5 heterocycles. The first-order valence-electron chi connectivity index (χ1n) is 11.1. The van der Waals surface area contributed by atoms with Crippen molar-refractivity contribution in [2.45, 2.75) is 52.1 Å². The highest BCUT2D eigenvalue weighted by Crippen LogP contribution is 2.34. The van der Waals surface area contributed by atoms with Gasteiger partial charge in [-0.2, -0.15) is 5.10 Å². The first-order valence-corrected chi connectivity index (χ1v) is 11.1. The Bertz CT molecular complexity index is 1190. The van der Waals surface area contributed by atoms with Crippen molar-refractivity contribution >= 4 is 11.0 Å². The molecule has 5 rings (SSSR count).